The first kappa shape index (κ1) is 16.2. The normalized spacial score (nSPS) is 11.0. The minimum Gasteiger partial charge on any atom is -0.388 e. The number of aromatic nitrogens is 3. The molecule has 0 saturated heterocycles. The van der Waals surface area contributed by atoms with E-state index in [9.17, 15) is 4.79 Å². The van der Waals surface area contributed by atoms with E-state index >= 15 is 0 Å². The summed E-state index contributed by atoms with van der Waals surface area (Å²) in [5.41, 5.74) is 4.57. The number of fused-ring (bicyclic) bond motifs is 1. The molecule has 0 aliphatic heterocycles. The third kappa shape index (κ3) is 3.12. The number of aliphatic hydroxyl groups is 1. The van der Waals surface area contributed by atoms with Crippen molar-refractivity contribution in [3.8, 4) is 11.1 Å². The van der Waals surface area contributed by atoms with Crippen molar-refractivity contribution in [2.75, 3.05) is 6.61 Å². The summed E-state index contributed by atoms with van der Waals surface area (Å²) in [6.07, 6.45) is 7.46. The third-order valence-electron chi connectivity index (χ3n) is 4.37. The van der Waals surface area contributed by atoms with E-state index in [2.05, 4.69) is 20.6 Å². The Morgan fingerprint density at radius 1 is 1.04 bits per heavy atom. The molecule has 0 saturated carbocycles. The highest BCUT2D eigenvalue weighted by Gasteiger charge is 2.07. The van der Waals surface area contributed by atoms with Crippen molar-refractivity contribution in [1.82, 2.24) is 14.5 Å². The van der Waals surface area contributed by atoms with Crippen LogP contribution in [0.25, 0.3) is 22.2 Å². The zero-order chi connectivity index (χ0) is 17.9. The quantitative estimate of drug-likeness (QED) is 0.565. The number of hydrogen-bond acceptors (Lipinski definition) is 4. The molecule has 0 aliphatic carbocycles. The molecule has 128 valence electrons. The molecule has 3 aromatic heterocycles. The number of Topliss-reactive ketones (excluding diaryl/α,β-unsaturated/α-hetero) is 1. The fourth-order valence-corrected chi connectivity index (χ4v) is 2.98. The monoisotopic (exact) mass is 343 g/mol. The number of ketones is 1. The summed E-state index contributed by atoms with van der Waals surface area (Å²) < 4.78 is 2.07. The van der Waals surface area contributed by atoms with Crippen LogP contribution in [0.2, 0.25) is 0 Å². The van der Waals surface area contributed by atoms with Gasteiger partial charge in [0, 0.05) is 53.4 Å². The molecular weight excluding hydrogens is 326 g/mol. The molecule has 5 heteroatoms. The molecule has 1 N–H and O–H groups in total. The van der Waals surface area contributed by atoms with Crippen molar-refractivity contribution in [2.24, 2.45) is 0 Å². The van der Waals surface area contributed by atoms with Gasteiger partial charge in [0.25, 0.3) is 0 Å². The van der Waals surface area contributed by atoms with Crippen LogP contribution in [0.5, 0.6) is 0 Å². The number of nitrogens with zero attached hydrogens (tertiary/aromatic N) is 3. The molecule has 0 radical (unpaired) electrons. The van der Waals surface area contributed by atoms with Crippen molar-refractivity contribution >= 4 is 16.8 Å². The zero-order valence-corrected chi connectivity index (χ0v) is 14.0. The molecule has 0 aliphatic rings. The highest BCUT2D eigenvalue weighted by molar-refractivity contribution is 5.96. The molecule has 5 nitrogen and oxygen atoms in total. The second-order valence-corrected chi connectivity index (χ2v) is 6.10. The van der Waals surface area contributed by atoms with Crippen LogP contribution in [0.15, 0.2) is 73.3 Å². The van der Waals surface area contributed by atoms with Gasteiger partial charge < -0.3 is 9.67 Å². The van der Waals surface area contributed by atoms with Gasteiger partial charge in [0.15, 0.2) is 5.78 Å². The average Bonchev–Trinajstić information content (AvgIpc) is 3.10. The molecule has 0 bridgehead atoms. The van der Waals surface area contributed by atoms with Crippen molar-refractivity contribution < 1.29 is 9.90 Å². The largest absolute Gasteiger partial charge is 0.388 e. The van der Waals surface area contributed by atoms with Crippen LogP contribution in [-0.4, -0.2) is 32.0 Å². The summed E-state index contributed by atoms with van der Waals surface area (Å²) in [4.78, 5) is 20.3. The molecule has 3 heterocycles. The van der Waals surface area contributed by atoms with Gasteiger partial charge in [-0.1, -0.05) is 30.3 Å². The van der Waals surface area contributed by atoms with E-state index < -0.39 is 6.61 Å². The maximum absolute atomic E-state index is 11.5. The fourth-order valence-electron chi connectivity index (χ4n) is 2.98. The minimum absolute atomic E-state index is 0.271. The third-order valence-corrected chi connectivity index (χ3v) is 4.37. The van der Waals surface area contributed by atoms with Gasteiger partial charge in [0.2, 0.25) is 0 Å². The molecule has 0 unspecified atom stereocenters. The van der Waals surface area contributed by atoms with E-state index in [1.165, 1.54) is 0 Å². The van der Waals surface area contributed by atoms with Crippen LogP contribution in [0.3, 0.4) is 0 Å². The predicted octanol–water partition coefficient (Wildman–Crippen LogP) is 3.32. The van der Waals surface area contributed by atoms with E-state index in [-0.39, 0.29) is 5.78 Å². The first-order chi connectivity index (χ1) is 12.7. The number of carbonyl (C=O) groups excluding carboxylic acids is 1. The summed E-state index contributed by atoms with van der Waals surface area (Å²) in [7, 11) is 0. The molecule has 1 aromatic carbocycles. The lowest BCUT2D eigenvalue weighted by Gasteiger charge is -2.07. The highest BCUT2D eigenvalue weighted by atomic mass is 16.3. The molecule has 0 atom stereocenters. The van der Waals surface area contributed by atoms with Crippen LogP contribution in [0, 0.1) is 0 Å². The number of carbonyl (C=O) groups is 1. The minimum atomic E-state index is -0.467. The summed E-state index contributed by atoms with van der Waals surface area (Å²) in [5, 5.41) is 9.99. The van der Waals surface area contributed by atoms with Crippen LogP contribution >= 0.6 is 0 Å². The summed E-state index contributed by atoms with van der Waals surface area (Å²) >= 11 is 0. The summed E-state index contributed by atoms with van der Waals surface area (Å²) in [6, 6.07) is 15.4. The molecule has 4 aromatic rings. The maximum atomic E-state index is 11.5. The molecule has 0 spiro atoms. The Bertz CT molecular complexity index is 1050. The number of pyridine rings is 2. The summed E-state index contributed by atoms with van der Waals surface area (Å²) in [6.45, 7) is 0.196. The molecule has 4 rings (SSSR count). The van der Waals surface area contributed by atoms with Crippen molar-refractivity contribution in [3.05, 3.63) is 84.4 Å². The zero-order valence-electron chi connectivity index (χ0n) is 14.0. The Labute approximate surface area is 150 Å². The lowest BCUT2D eigenvalue weighted by atomic mass is 10.1. The first-order valence-electron chi connectivity index (χ1n) is 8.33. The predicted molar refractivity (Wildman–Crippen MR) is 99.9 cm³/mol. The van der Waals surface area contributed by atoms with Gasteiger partial charge in [0.1, 0.15) is 12.3 Å². The number of benzene rings is 1. The van der Waals surface area contributed by atoms with Gasteiger partial charge in [-0.15, -0.1) is 0 Å². The number of rotatable bonds is 5. The smallest absolute Gasteiger partial charge is 0.188 e. The van der Waals surface area contributed by atoms with Crippen molar-refractivity contribution in [3.63, 3.8) is 0 Å². The van der Waals surface area contributed by atoms with Crippen LogP contribution in [-0.2, 0) is 6.54 Å². The van der Waals surface area contributed by atoms with Gasteiger partial charge in [-0.2, -0.15) is 0 Å². The van der Waals surface area contributed by atoms with Crippen molar-refractivity contribution in [2.45, 2.75) is 6.54 Å². The molecule has 0 fully saturated rings. The standard InChI is InChI=1S/C21H17N3O2/c25-14-20(26)16-5-3-15(4-6-16)13-24-9-7-17-10-19(12-23-21(17)24)18-2-1-8-22-11-18/h1-12,25H,13-14H2. The van der Waals surface area contributed by atoms with Crippen molar-refractivity contribution in [1.29, 1.82) is 0 Å². The first-order valence-corrected chi connectivity index (χ1v) is 8.33. The van der Waals surface area contributed by atoms with Gasteiger partial charge >= 0.3 is 0 Å². The Hall–Kier alpha value is -3.31. The fraction of sp³-hybridized carbons (Fsp3) is 0.0952. The lowest BCUT2D eigenvalue weighted by Crippen LogP contribution is -2.05. The molecular formula is C21H17N3O2. The Kier molecular flexibility index (Phi) is 4.29. The second kappa shape index (κ2) is 6.90. The molecule has 0 amide bonds. The Morgan fingerprint density at radius 3 is 2.62 bits per heavy atom. The average molecular weight is 343 g/mol. The highest BCUT2D eigenvalue weighted by Crippen LogP contribution is 2.23. The maximum Gasteiger partial charge on any atom is 0.188 e. The number of aliphatic hydroxyl groups excluding tert-OH is 1. The second-order valence-electron chi connectivity index (χ2n) is 6.10. The van der Waals surface area contributed by atoms with Gasteiger partial charge in [-0.05, 0) is 23.8 Å². The van der Waals surface area contributed by atoms with Crippen LogP contribution in [0.4, 0.5) is 0 Å². The van der Waals surface area contributed by atoms with Gasteiger partial charge in [0.05, 0.1) is 0 Å². The number of hydrogen-bond donors (Lipinski definition) is 1. The lowest BCUT2D eigenvalue weighted by molar-refractivity contribution is 0.0903. The van der Waals surface area contributed by atoms with Crippen LogP contribution < -0.4 is 0 Å². The van der Waals surface area contributed by atoms with Gasteiger partial charge in [-0.25, -0.2) is 4.98 Å². The van der Waals surface area contributed by atoms with E-state index in [1.54, 1.807) is 18.3 Å². The Balaban J connectivity index is 1.60. The Morgan fingerprint density at radius 2 is 1.88 bits per heavy atom. The molecule has 26 heavy (non-hydrogen) atoms. The van der Waals surface area contributed by atoms with E-state index in [0.29, 0.717) is 12.1 Å². The van der Waals surface area contributed by atoms with Crippen LogP contribution in [0.1, 0.15) is 15.9 Å². The summed E-state index contributed by atoms with van der Waals surface area (Å²) in [5.74, 6) is -0.271. The van der Waals surface area contributed by atoms with E-state index in [0.717, 1.165) is 27.7 Å². The topological polar surface area (TPSA) is 68.0 Å². The van der Waals surface area contributed by atoms with E-state index in [4.69, 9.17) is 5.11 Å². The van der Waals surface area contributed by atoms with Gasteiger partial charge in [-0.3, -0.25) is 9.78 Å². The van der Waals surface area contributed by atoms with E-state index in [1.807, 2.05) is 48.9 Å². The SMILES string of the molecule is O=C(CO)c1ccc(Cn2ccc3cc(-c4cccnc4)cnc32)cc1.